The van der Waals surface area contributed by atoms with Crippen LogP contribution in [0.2, 0.25) is 0 Å². The summed E-state index contributed by atoms with van der Waals surface area (Å²) in [4.78, 5) is 12.0. The molecule has 2 aromatic rings. The van der Waals surface area contributed by atoms with Crippen molar-refractivity contribution in [1.82, 2.24) is 5.32 Å². The van der Waals surface area contributed by atoms with Gasteiger partial charge in [-0.15, -0.1) is 0 Å². The van der Waals surface area contributed by atoms with Gasteiger partial charge >= 0.3 is 0 Å². The third kappa shape index (κ3) is 3.32. The molecule has 0 aliphatic carbocycles. The summed E-state index contributed by atoms with van der Waals surface area (Å²) in [7, 11) is 0. The highest BCUT2D eigenvalue weighted by Gasteiger charge is 2.17. The van der Waals surface area contributed by atoms with Crippen LogP contribution in [0, 0.1) is 0 Å². The molecule has 106 valence electrons. The lowest BCUT2D eigenvalue weighted by Gasteiger charge is -2.20. The van der Waals surface area contributed by atoms with Crippen molar-refractivity contribution in [2.45, 2.75) is 18.2 Å². The molecule has 0 heterocycles. The van der Waals surface area contributed by atoms with Crippen molar-refractivity contribution in [2.75, 3.05) is 12.8 Å². The van der Waals surface area contributed by atoms with E-state index in [1.54, 1.807) is 0 Å². The van der Waals surface area contributed by atoms with Gasteiger partial charge in [0, 0.05) is 6.54 Å². The molecule has 0 bridgehead atoms. The minimum absolute atomic E-state index is 0.0288. The maximum absolute atomic E-state index is 12.0. The van der Waals surface area contributed by atoms with Crippen LogP contribution in [0.15, 0.2) is 42.5 Å². The summed E-state index contributed by atoms with van der Waals surface area (Å²) in [6.45, 7) is 2.29. The quantitative estimate of drug-likeness (QED) is 0.889. The third-order valence-corrected chi connectivity index (χ3v) is 4.37. The summed E-state index contributed by atoms with van der Waals surface area (Å²) < 4.78 is 0. The lowest BCUT2D eigenvalue weighted by atomic mass is 10.0. The first-order valence-corrected chi connectivity index (χ1v) is 7.96. The van der Waals surface area contributed by atoms with E-state index in [0.717, 1.165) is 10.9 Å². The second-order valence-corrected chi connectivity index (χ2v) is 5.96. The first-order chi connectivity index (χ1) is 9.65. The monoisotopic (exact) mass is 288 g/mol. The number of benzene rings is 2. The molecule has 0 fully saturated rings. The number of carbonyl (C=O) groups is 1. The van der Waals surface area contributed by atoms with Gasteiger partial charge in [0.15, 0.2) is 0 Å². The summed E-state index contributed by atoms with van der Waals surface area (Å²) in [5.41, 5.74) is 6.87. The zero-order valence-corrected chi connectivity index (χ0v) is 12.6. The predicted octanol–water partition coefficient (Wildman–Crippen LogP) is 2.71. The molecule has 4 heteroatoms. The van der Waals surface area contributed by atoms with E-state index in [2.05, 4.69) is 29.6 Å². The van der Waals surface area contributed by atoms with Crippen LogP contribution in [0.4, 0.5) is 0 Å². The third-order valence-electron chi connectivity index (χ3n) is 3.45. The van der Waals surface area contributed by atoms with Crippen molar-refractivity contribution in [1.29, 1.82) is 0 Å². The molecule has 2 aromatic carbocycles. The Labute approximate surface area is 123 Å². The standard InChI is InChI=1S/C16H20N2OS/c1-11(20-2)16(19)18-15(10-17)14-8-7-12-5-3-4-6-13(12)9-14/h3-9,11,15H,10,17H2,1-2H3,(H,18,19). The Balaban J connectivity index is 2.23. The number of fused-ring (bicyclic) bond motifs is 1. The second kappa shape index (κ2) is 6.77. The minimum Gasteiger partial charge on any atom is -0.347 e. The van der Waals surface area contributed by atoms with Gasteiger partial charge in [0.05, 0.1) is 11.3 Å². The number of amides is 1. The Kier molecular flexibility index (Phi) is 5.04. The fraction of sp³-hybridized carbons (Fsp3) is 0.312. The van der Waals surface area contributed by atoms with Crippen LogP contribution >= 0.6 is 11.8 Å². The summed E-state index contributed by atoms with van der Waals surface area (Å²) in [6.07, 6.45) is 1.93. The van der Waals surface area contributed by atoms with Crippen molar-refractivity contribution in [3.63, 3.8) is 0 Å². The number of rotatable bonds is 5. The van der Waals surface area contributed by atoms with Gasteiger partial charge in [-0.1, -0.05) is 36.4 Å². The zero-order chi connectivity index (χ0) is 14.5. The molecule has 2 unspecified atom stereocenters. The smallest absolute Gasteiger partial charge is 0.233 e. The molecule has 0 saturated heterocycles. The van der Waals surface area contributed by atoms with Crippen LogP contribution < -0.4 is 11.1 Å². The van der Waals surface area contributed by atoms with Crippen LogP contribution in [-0.4, -0.2) is 24.0 Å². The highest BCUT2D eigenvalue weighted by molar-refractivity contribution is 7.99. The first-order valence-electron chi connectivity index (χ1n) is 6.67. The topological polar surface area (TPSA) is 55.1 Å². The molecule has 0 aliphatic rings. The normalized spacial score (nSPS) is 13.9. The van der Waals surface area contributed by atoms with E-state index in [1.165, 1.54) is 17.1 Å². The van der Waals surface area contributed by atoms with E-state index in [9.17, 15) is 4.79 Å². The Morgan fingerprint density at radius 2 is 1.95 bits per heavy atom. The fourth-order valence-electron chi connectivity index (χ4n) is 2.10. The van der Waals surface area contributed by atoms with Gasteiger partial charge in [-0.25, -0.2) is 0 Å². The Morgan fingerprint density at radius 1 is 1.25 bits per heavy atom. The van der Waals surface area contributed by atoms with Gasteiger partial charge in [-0.05, 0) is 35.6 Å². The van der Waals surface area contributed by atoms with E-state index in [0.29, 0.717) is 6.54 Å². The van der Waals surface area contributed by atoms with Crippen molar-refractivity contribution in [2.24, 2.45) is 5.73 Å². The Bertz CT molecular complexity index is 600. The molecule has 0 aromatic heterocycles. The van der Waals surface area contributed by atoms with Gasteiger partial charge in [0.25, 0.3) is 0 Å². The van der Waals surface area contributed by atoms with E-state index in [1.807, 2.05) is 31.4 Å². The minimum atomic E-state index is -0.137. The highest BCUT2D eigenvalue weighted by Crippen LogP contribution is 2.20. The van der Waals surface area contributed by atoms with Gasteiger partial charge in [-0.3, -0.25) is 4.79 Å². The summed E-state index contributed by atoms with van der Waals surface area (Å²) in [6, 6.07) is 14.2. The van der Waals surface area contributed by atoms with Gasteiger partial charge in [0.2, 0.25) is 5.91 Å². The largest absolute Gasteiger partial charge is 0.347 e. The number of nitrogens with one attached hydrogen (secondary N) is 1. The molecule has 0 spiro atoms. The number of hydrogen-bond donors (Lipinski definition) is 2. The van der Waals surface area contributed by atoms with Crippen molar-refractivity contribution >= 4 is 28.4 Å². The number of carbonyl (C=O) groups excluding carboxylic acids is 1. The number of nitrogens with two attached hydrogens (primary N) is 1. The van der Waals surface area contributed by atoms with E-state index in [-0.39, 0.29) is 17.2 Å². The van der Waals surface area contributed by atoms with Crippen LogP contribution in [0.1, 0.15) is 18.5 Å². The van der Waals surface area contributed by atoms with Crippen molar-refractivity contribution in [3.8, 4) is 0 Å². The summed E-state index contributed by atoms with van der Waals surface area (Å²) in [5.74, 6) is 0.0288. The molecule has 2 atom stereocenters. The van der Waals surface area contributed by atoms with Gasteiger partial charge in [-0.2, -0.15) is 11.8 Å². The van der Waals surface area contributed by atoms with Crippen LogP contribution in [0.25, 0.3) is 10.8 Å². The molecular formula is C16H20N2OS. The van der Waals surface area contributed by atoms with Crippen molar-refractivity contribution in [3.05, 3.63) is 48.0 Å². The molecule has 2 rings (SSSR count). The van der Waals surface area contributed by atoms with Crippen LogP contribution in [0.3, 0.4) is 0 Å². The fourth-order valence-corrected chi connectivity index (χ4v) is 2.38. The van der Waals surface area contributed by atoms with Gasteiger partial charge in [0.1, 0.15) is 0 Å². The number of thioether (sulfide) groups is 1. The highest BCUT2D eigenvalue weighted by atomic mass is 32.2. The average Bonchev–Trinajstić information content (AvgIpc) is 2.51. The molecule has 20 heavy (non-hydrogen) atoms. The maximum atomic E-state index is 12.0. The molecule has 3 nitrogen and oxygen atoms in total. The van der Waals surface area contributed by atoms with Gasteiger partial charge < -0.3 is 11.1 Å². The van der Waals surface area contributed by atoms with E-state index >= 15 is 0 Å². The summed E-state index contributed by atoms with van der Waals surface area (Å²) >= 11 is 1.53. The molecular weight excluding hydrogens is 268 g/mol. The zero-order valence-electron chi connectivity index (χ0n) is 11.8. The van der Waals surface area contributed by atoms with E-state index < -0.39 is 0 Å². The molecule has 0 radical (unpaired) electrons. The number of hydrogen-bond acceptors (Lipinski definition) is 3. The molecule has 0 saturated carbocycles. The second-order valence-electron chi connectivity index (χ2n) is 4.78. The Hall–Kier alpha value is -1.52. The Morgan fingerprint density at radius 3 is 2.60 bits per heavy atom. The SMILES string of the molecule is CSC(C)C(=O)NC(CN)c1ccc2ccccc2c1. The summed E-state index contributed by atoms with van der Waals surface area (Å²) in [5, 5.41) is 5.30. The molecule has 1 amide bonds. The lowest BCUT2D eigenvalue weighted by molar-refractivity contribution is -0.121. The van der Waals surface area contributed by atoms with Crippen LogP contribution in [-0.2, 0) is 4.79 Å². The van der Waals surface area contributed by atoms with Crippen molar-refractivity contribution < 1.29 is 4.79 Å². The molecule has 0 aliphatic heterocycles. The van der Waals surface area contributed by atoms with Crippen LogP contribution in [0.5, 0.6) is 0 Å². The predicted molar refractivity (Wildman–Crippen MR) is 86.9 cm³/mol. The maximum Gasteiger partial charge on any atom is 0.233 e. The lowest BCUT2D eigenvalue weighted by Crippen LogP contribution is -2.37. The van der Waals surface area contributed by atoms with E-state index in [4.69, 9.17) is 5.73 Å². The average molecular weight is 288 g/mol. The first kappa shape index (κ1) is 14.9. The molecule has 3 N–H and O–H groups in total.